The Morgan fingerprint density at radius 3 is 2.85 bits per heavy atom. The molecule has 0 radical (unpaired) electrons. The van der Waals surface area contributed by atoms with Crippen LogP contribution in [0.25, 0.3) is 6.08 Å². The molecule has 1 saturated heterocycles. The SMILES string of the molecule is O=C1N=C(N2CCCC2)O/C1=C\c1cc(F)ccc1O. The van der Waals surface area contributed by atoms with Gasteiger partial charge in [-0.25, -0.2) is 4.39 Å². The number of ether oxygens (including phenoxy) is 1. The number of carbonyl (C=O) groups is 1. The molecule has 0 bridgehead atoms. The van der Waals surface area contributed by atoms with Crippen molar-refractivity contribution < 1.29 is 19.0 Å². The van der Waals surface area contributed by atoms with Crippen molar-refractivity contribution in [3.8, 4) is 5.75 Å². The van der Waals surface area contributed by atoms with Gasteiger partial charge in [-0.05, 0) is 37.1 Å². The molecule has 1 N–H and O–H groups in total. The van der Waals surface area contributed by atoms with Crippen LogP contribution in [0.3, 0.4) is 0 Å². The first-order chi connectivity index (χ1) is 9.63. The van der Waals surface area contributed by atoms with E-state index < -0.39 is 11.7 Å². The molecular formula is C14H13FN2O3. The molecule has 0 unspecified atom stereocenters. The van der Waals surface area contributed by atoms with Crippen LogP contribution in [-0.4, -0.2) is 35.0 Å². The molecule has 2 aliphatic rings. The van der Waals surface area contributed by atoms with Gasteiger partial charge in [0.1, 0.15) is 11.6 Å². The maximum Gasteiger partial charge on any atom is 0.317 e. The number of aromatic hydroxyl groups is 1. The highest BCUT2D eigenvalue weighted by molar-refractivity contribution is 6.08. The summed E-state index contributed by atoms with van der Waals surface area (Å²) < 4.78 is 18.5. The van der Waals surface area contributed by atoms with Crippen molar-refractivity contribution in [1.29, 1.82) is 0 Å². The molecule has 0 atom stereocenters. The molecule has 0 aromatic heterocycles. The van der Waals surface area contributed by atoms with Crippen molar-refractivity contribution in [2.24, 2.45) is 4.99 Å². The van der Waals surface area contributed by atoms with Crippen molar-refractivity contribution >= 4 is 18.0 Å². The van der Waals surface area contributed by atoms with Gasteiger partial charge in [0, 0.05) is 18.7 Å². The Balaban J connectivity index is 1.83. The lowest BCUT2D eigenvalue weighted by Gasteiger charge is -2.14. The van der Waals surface area contributed by atoms with Gasteiger partial charge in [0.15, 0.2) is 5.76 Å². The summed E-state index contributed by atoms with van der Waals surface area (Å²) in [7, 11) is 0. The standard InChI is InChI=1S/C14H13FN2O3/c15-10-3-4-11(18)9(7-10)8-12-13(19)16-14(20-12)17-5-1-2-6-17/h3-4,7-8,18H,1-2,5-6H2/b12-8-. The summed E-state index contributed by atoms with van der Waals surface area (Å²) in [5, 5.41) is 9.63. The van der Waals surface area contributed by atoms with Gasteiger partial charge >= 0.3 is 11.9 Å². The van der Waals surface area contributed by atoms with E-state index in [2.05, 4.69) is 4.99 Å². The highest BCUT2D eigenvalue weighted by Gasteiger charge is 2.28. The van der Waals surface area contributed by atoms with E-state index in [0.717, 1.165) is 38.1 Å². The second-order valence-electron chi connectivity index (χ2n) is 4.71. The van der Waals surface area contributed by atoms with Crippen molar-refractivity contribution in [3.05, 3.63) is 35.3 Å². The molecule has 1 fully saturated rings. The Kier molecular flexibility index (Phi) is 3.14. The zero-order chi connectivity index (χ0) is 14.1. The zero-order valence-electron chi connectivity index (χ0n) is 10.7. The molecule has 0 spiro atoms. The van der Waals surface area contributed by atoms with Gasteiger partial charge in [-0.2, -0.15) is 4.99 Å². The number of phenols is 1. The number of amides is 1. The number of benzene rings is 1. The van der Waals surface area contributed by atoms with E-state index in [0.29, 0.717) is 0 Å². The van der Waals surface area contributed by atoms with Crippen LogP contribution in [0.4, 0.5) is 4.39 Å². The van der Waals surface area contributed by atoms with Crippen LogP contribution >= 0.6 is 0 Å². The first-order valence-electron chi connectivity index (χ1n) is 6.39. The van der Waals surface area contributed by atoms with E-state index >= 15 is 0 Å². The van der Waals surface area contributed by atoms with Gasteiger partial charge in [-0.15, -0.1) is 0 Å². The minimum atomic E-state index is -0.518. The molecule has 1 aromatic rings. The molecule has 0 saturated carbocycles. The molecule has 5 nitrogen and oxygen atoms in total. The Hall–Kier alpha value is -2.37. The van der Waals surface area contributed by atoms with E-state index in [1.165, 1.54) is 12.1 Å². The van der Waals surface area contributed by atoms with Crippen molar-refractivity contribution in [3.63, 3.8) is 0 Å². The van der Waals surface area contributed by atoms with Crippen molar-refractivity contribution in [1.82, 2.24) is 4.90 Å². The number of carbonyl (C=O) groups excluding carboxylic acids is 1. The molecular weight excluding hydrogens is 263 g/mol. The highest BCUT2D eigenvalue weighted by Crippen LogP contribution is 2.24. The second-order valence-corrected chi connectivity index (χ2v) is 4.71. The van der Waals surface area contributed by atoms with Crippen LogP contribution in [0.5, 0.6) is 5.75 Å². The van der Waals surface area contributed by atoms with Crippen LogP contribution in [0.2, 0.25) is 0 Å². The fraction of sp³-hybridized carbons (Fsp3) is 0.286. The van der Waals surface area contributed by atoms with Gasteiger partial charge in [0.05, 0.1) is 0 Å². The molecule has 6 heteroatoms. The van der Waals surface area contributed by atoms with Gasteiger partial charge in [-0.1, -0.05) is 0 Å². The maximum atomic E-state index is 13.1. The molecule has 104 valence electrons. The summed E-state index contributed by atoms with van der Waals surface area (Å²) in [6.45, 7) is 1.62. The van der Waals surface area contributed by atoms with E-state index in [9.17, 15) is 14.3 Å². The lowest BCUT2D eigenvalue weighted by molar-refractivity contribution is -0.115. The van der Waals surface area contributed by atoms with Crippen molar-refractivity contribution in [2.75, 3.05) is 13.1 Å². The van der Waals surface area contributed by atoms with Crippen molar-refractivity contribution in [2.45, 2.75) is 12.8 Å². The first kappa shape index (κ1) is 12.7. The van der Waals surface area contributed by atoms with Gasteiger partial charge in [0.25, 0.3) is 0 Å². The van der Waals surface area contributed by atoms with Gasteiger partial charge < -0.3 is 14.7 Å². The fourth-order valence-electron chi connectivity index (χ4n) is 2.22. The first-order valence-corrected chi connectivity index (χ1v) is 6.39. The van der Waals surface area contributed by atoms with E-state index in [-0.39, 0.29) is 23.1 Å². The summed E-state index contributed by atoms with van der Waals surface area (Å²) in [4.78, 5) is 17.5. The second kappa shape index (κ2) is 4.96. The van der Waals surface area contributed by atoms with E-state index in [4.69, 9.17) is 4.74 Å². The smallest absolute Gasteiger partial charge is 0.317 e. The largest absolute Gasteiger partial charge is 0.507 e. The van der Waals surface area contributed by atoms with E-state index in [1.54, 1.807) is 0 Å². The number of hydrogen-bond donors (Lipinski definition) is 1. The van der Waals surface area contributed by atoms with Crippen LogP contribution in [0.1, 0.15) is 18.4 Å². The number of amidine groups is 1. The topological polar surface area (TPSA) is 62.1 Å². The Morgan fingerprint density at radius 2 is 2.10 bits per heavy atom. The Morgan fingerprint density at radius 1 is 1.35 bits per heavy atom. The van der Waals surface area contributed by atoms with Crippen LogP contribution in [0, 0.1) is 5.82 Å². The summed E-state index contributed by atoms with van der Waals surface area (Å²) in [5.74, 6) is -1.14. The number of phenolic OH excluding ortho intramolecular Hbond substituents is 1. The Labute approximate surface area is 115 Å². The molecule has 20 heavy (non-hydrogen) atoms. The maximum absolute atomic E-state index is 13.1. The van der Waals surface area contributed by atoms with Gasteiger partial charge in [-0.3, -0.25) is 4.79 Å². The lowest BCUT2D eigenvalue weighted by atomic mass is 10.1. The normalized spacial score (nSPS) is 20.4. The summed E-state index contributed by atoms with van der Waals surface area (Å²) in [6.07, 6.45) is 3.38. The highest BCUT2D eigenvalue weighted by atomic mass is 19.1. The van der Waals surface area contributed by atoms with Crippen LogP contribution in [0.15, 0.2) is 29.0 Å². The molecule has 1 amide bonds. The summed E-state index contributed by atoms with van der Waals surface area (Å²) >= 11 is 0. The number of halogens is 1. The Bertz CT molecular complexity index is 619. The minimum Gasteiger partial charge on any atom is -0.507 e. The van der Waals surface area contributed by atoms with E-state index in [1.807, 2.05) is 4.90 Å². The third-order valence-corrected chi connectivity index (χ3v) is 3.26. The summed E-state index contributed by atoms with van der Waals surface area (Å²) in [6, 6.07) is 3.78. The number of likely N-dealkylation sites (tertiary alicyclic amines) is 1. The molecule has 2 heterocycles. The predicted octanol–water partition coefficient (Wildman–Crippen LogP) is 1.88. The van der Waals surface area contributed by atoms with Crippen LogP contribution < -0.4 is 0 Å². The quantitative estimate of drug-likeness (QED) is 0.795. The predicted molar refractivity (Wildman–Crippen MR) is 70.4 cm³/mol. The number of nitrogens with zero attached hydrogens (tertiary/aromatic N) is 2. The zero-order valence-corrected chi connectivity index (χ0v) is 10.7. The minimum absolute atomic E-state index is 0.00667. The molecule has 0 aliphatic carbocycles. The molecule has 2 aliphatic heterocycles. The number of hydrogen-bond acceptors (Lipinski definition) is 4. The van der Waals surface area contributed by atoms with Crippen LogP contribution in [-0.2, 0) is 9.53 Å². The molecule has 3 rings (SSSR count). The number of aliphatic imine (C=N–C) groups is 1. The third kappa shape index (κ3) is 2.36. The molecule has 1 aromatic carbocycles. The lowest BCUT2D eigenvalue weighted by Crippen LogP contribution is -2.27. The average Bonchev–Trinajstić information content (AvgIpc) is 3.04. The number of rotatable bonds is 1. The summed E-state index contributed by atoms with van der Waals surface area (Å²) in [5.41, 5.74) is 0.186. The fourth-order valence-corrected chi connectivity index (χ4v) is 2.22. The monoisotopic (exact) mass is 276 g/mol. The third-order valence-electron chi connectivity index (χ3n) is 3.26. The average molecular weight is 276 g/mol. The van der Waals surface area contributed by atoms with Gasteiger partial charge in [0.2, 0.25) is 0 Å².